The number of nitriles is 1. The first kappa shape index (κ1) is 26.9. The lowest BCUT2D eigenvalue weighted by Crippen LogP contribution is -2.24. The maximum absolute atomic E-state index is 13.3. The van der Waals surface area contributed by atoms with E-state index in [-0.39, 0.29) is 22.6 Å². The third-order valence-corrected chi connectivity index (χ3v) is 5.78. The molecule has 0 amide bonds. The Bertz CT molecular complexity index is 1630. The van der Waals surface area contributed by atoms with Crippen molar-refractivity contribution < 1.29 is 28.7 Å². The van der Waals surface area contributed by atoms with Crippen molar-refractivity contribution in [3.05, 3.63) is 88.0 Å². The number of rotatable bonds is 7. The van der Waals surface area contributed by atoms with Crippen molar-refractivity contribution in [2.75, 3.05) is 14.2 Å². The summed E-state index contributed by atoms with van der Waals surface area (Å²) in [6.45, 7) is 5.23. The minimum absolute atomic E-state index is 0.121. The van der Waals surface area contributed by atoms with Crippen molar-refractivity contribution in [3.63, 3.8) is 0 Å². The van der Waals surface area contributed by atoms with Crippen LogP contribution < -0.4 is 14.2 Å². The van der Waals surface area contributed by atoms with Gasteiger partial charge in [0.25, 0.3) is 5.69 Å². The van der Waals surface area contributed by atoms with Crippen LogP contribution in [-0.4, -0.2) is 30.7 Å². The first-order valence-electron chi connectivity index (χ1n) is 11.9. The molecule has 9 nitrogen and oxygen atoms in total. The van der Waals surface area contributed by atoms with Gasteiger partial charge < -0.3 is 18.9 Å². The van der Waals surface area contributed by atoms with E-state index in [1.807, 2.05) is 12.1 Å². The van der Waals surface area contributed by atoms with Gasteiger partial charge in [0.15, 0.2) is 11.5 Å². The van der Waals surface area contributed by atoms with Crippen LogP contribution in [0.15, 0.2) is 66.7 Å². The molecule has 4 aromatic carbocycles. The van der Waals surface area contributed by atoms with Crippen molar-refractivity contribution >= 4 is 22.4 Å². The Morgan fingerprint density at radius 3 is 2.15 bits per heavy atom. The summed E-state index contributed by atoms with van der Waals surface area (Å²) >= 11 is 0. The number of carbonyl (C=O) groups is 1. The molecule has 0 bridgehead atoms. The second-order valence-corrected chi connectivity index (χ2v) is 9.63. The Labute approximate surface area is 225 Å². The van der Waals surface area contributed by atoms with Crippen molar-refractivity contribution in [3.8, 4) is 40.2 Å². The molecule has 0 radical (unpaired) electrons. The summed E-state index contributed by atoms with van der Waals surface area (Å²) in [7, 11) is 2.89. The number of methoxy groups -OCH3 is 2. The number of ether oxygens (including phenoxy) is 4. The third-order valence-electron chi connectivity index (χ3n) is 5.78. The summed E-state index contributed by atoms with van der Waals surface area (Å²) in [4.78, 5) is 24.5. The van der Waals surface area contributed by atoms with E-state index in [1.165, 1.54) is 38.5 Å². The zero-order valence-electron chi connectivity index (χ0n) is 22.1. The average Bonchev–Trinajstić information content (AvgIpc) is 2.91. The summed E-state index contributed by atoms with van der Waals surface area (Å²) in [6.07, 6.45) is 0. The minimum atomic E-state index is -0.792. The largest absolute Gasteiger partial charge is 0.493 e. The molecule has 0 spiro atoms. The van der Waals surface area contributed by atoms with Crippen LogP contribution in [0.3, 0.4) is 0 Å². The number of hydrogen-bond donors (Lipinski definition) is 0. The summed E-state index contributed by atoms with van der Waals surface area (Å²) in [5.74, 6) is 0.694. The van der Waals surface area contributed by atoms with Gasteiger partial charge in [-0.25, -0.2) is 4.79 Å². The molecule has 4 aromatic rings. The highest BCUT2D eigenvalue weighted by Crippen LogP contribution is 2.43. The van der Waals surface area contributed by atoms with Crippen LogP contribution in [0.4, 0.5) is 5.69 Å². The van der Waals surface area contributed by atoms with Crippen LogP contribution in [0.25, 0.3) is 21.9 Å². The molecule has 0 heterocycles. The van der Waals surface area contributed by atoms with Gasteiger partial charge in [-0.1, -0.05) is 12.1 Å². The standard InChI is InChI=1S/C30H26N2O7/c1-30(2,3)39-29(33)25-16-28(37-5)27(36-4)15-23(25)24-14-21(32(34)35)9-11-26(24)38-22-10-8-19-12-18(17-31)6-7-20(19)13-22/h6-16H,1-5H3. The summed E-state index contributed by atoms with van der Waals surface area (Å²) in [6, 6.07) is 19.9. The highest BCUT2D eigenvalue weighted by molar-refractivity contribution is 6.00. The van der Waals surface area contributed by atoms with E-state index in [0.29, 0.717) is 28.4 Å². The van der Waals surface area contributed by atoms with Crippen LogP contribution in [0.1, 0.15) is 36.7 Å². The Morgan fingerprint density at radius 1 is 0.846 bits per heavy atom. The van der Waals surface area contributed by atoms with Crippen molar-refractivity contribution in [2.24, 2.45) is 0 Å². The maximum Gasteiger partial charge on any atom is 0.339 e. The summed E-state index contributed by atoms with van der Waals surface area (Å²) < 4.78 is 22.7. The molecule has 0 aliphatic carbocycles. The monoisotopic (exact) mass is 526 g/mol. The lowest BCUT2D eigenvalue weighted by atomic mass is 9.97. The highest BCUT2D eigenvalue weighted by atomic mass is 16.6. The molecule has 0 aromatic heterocycles. The Hall–Kier alpha value is -5.10. The van der Waals surface area contributed by atoms with E-state index in [9.17, 15) is 14.9 Å². The van der Waals surface area contributed by atoms with E-state index in [0.717, 1.165) is 10.8 Å². The second kappa shape index (κ2) is 10.7. The van der Waals surface area contributed by atoms with E-state index in [1.54, 1.807) is 51.1 Å². The van der Waals surface area contributed by atoms with Gasteiger partial charge in [-0.05, 0) is 74.0 Å². The number of benzene rings is 4. The average molecular weight is 527 g/mol. The Balaban J connectivity index is 1.90. The molecule has 0 fully saturated rings. The van der Waals surface area contributed by atoms with Crippen molar-refractivity contribution in [2.45, 2.75) is 26.4 Å². The van der Waals surface area contributed by atoms with Crippen LogP contribution in [0.5, 0.6) is 23.0 Å². The molecule has 0 aliphatic rings. The maximum atomic E-state index is 13.3. The van der Waals surface area contributed by atoms with Gasteiger partial charge >= 0.3 is 5.97 Å². The summed E-state index contributed by atoms with van der Waals surface area (Å²) in [5.41, 5.74) is 0.267. The fourth-order valence-electron chi connectivity index (χ4n) is 4.02. The molecular weight excluding hydrogens is 500 g/mol. The molecule has 0 atom stereocenters. The first-order valence-corrected chi connectivity index (χ1v) is 11.9. The lowest BCUT2D eigenvalue weighted by molar-refractivity contribution is -0.384. The molecule has 0 unspecified atom stereocenters. The number of esters is 1. The number of fused-ring (bicyclic) bond motifs is 1. The fourth-order valence-corrected chi connectivity index (χ4v) is 4.02. The van der Waals surface area contributed by atoms with Gasteiger partial charge in [0.05, 0.1) is 36.3 Å². The van der Waals surface area contributed by atoms with Crippen LogP contribution in [-0.2, 0) is 4.74 Å². The van der Waals surface area contributed by atoms with E-state index in [4.69, 9.17) is 24.2 Å². The highest BCUT2D eigenvalue weighted by Gasteiger charge is 2.26. The van der Waals surface area contributed by atoms with Crippen molar-refractivity contribution in [1.82, 2.24) is 0 Å². The number of nitro groups is 1. The quantitative estimate of drug-likeness (QED) is 0.143. The number of hydrogen-bond acceptors (Lipinski definition) is 8. The van der Waals surface area contributed by atoms with Crippen LogP contribution in [0, 0.1) is 21.4 Å². The Kier molecular flexibility index (Phi) is 7.40. The predicted molar refractivity (Wildman–Crippen MR) is 146 cm³/mol. The topological polar surface area (TPSA) is 121 Å². The van der Waals surface area contributed by atoms with Crippen LogP contribution in [0.2, 0.25) is 0 Å². The fraction of sp³-hybridized carbons (Fsp3) is 0.200. The van der Waals surface area contributed by atoms with Gasteiger partial charge in [0.2, 0.25) is 0 Å². The van der Waals surface area contributed by atoms with E-state index < -0.39 is 16.5 Å². The summed E-state index contributed by atoms with van der Waals surface area (Å²) in [5, 5.41) is 22.6. The number of non-ortho nitro benzene ring substituents is 1. The first-order chi connectivity index (χ1) is 18.5. The normalized spacial score (nSPS) is 11.0. The zero-order valence-corrected chi connectivity index (χ0v) is 22.1. The number of nitro benzene ring substituents is 1. The Morgan fingerprint density at radius 2 is 1.51 bits per heavy atom. The zero-order chi connectivity index (χ0) is 28.3. The smallest absolute Gasteiger partial charge is 0.339 e. The molecule has 4 rings (SSSR count). The third kappa shape index (κ3) is 5.91. The molecule has 0 saturated carbocycles. The van der Waals surface area contributed by atoms with Gasteiger partial charge in [-0.15, -0.1) is 0 Å². The second-order valence-electron chi connectivity index (χ2n) is 9.63. The number of nitrogens with zero attached hydrogens (tertiary/aromatic N) is 2. The molecule has 0 aliphatic heterocycles. The van der Waals surface area contributed by atoms with Crippen LogP contribution >= 0.6 is 0 Å². The molecule has 9 heteroatoms. The predicted octanol–water partition coefficient (Wildman–Crippen LogP) is 7.05. The van der Waals surface area contributed by atoms with Gasteiger partial charge in [-0.3, -0.25) is 10.1 Å². The SMILES string of the molecule is COc1cc(C(=O)OC(C)(C)C)c(-c2cc([N+](=O)[O-])ccc2Oc2ccc3cc(C#N)ccc3c2)cc1OC. The molecule has 0 N–H and O–H groups in total. The molecule has 198 valence electrons. The van der Waals surface area contributed by atoms with Gasteiger partial charge in [0.1, 0.15) is 17.1 Å². The van der Waals surface area contributed by atoms with E-state index in [2.05, 4.69) is 6.07 Å². The minimum Gasteiger partial charge on any atom is -0.493 e. The van der Waals surface area contributed by atoms with Gasteiger partial charge in [-0.2, -0.15) is 5.26 Å². The lowest BCUT2D eigenvalue weighted by Gasteiger charge is -2.22. The van der Waals surface area contributed by atoms with Crippen molar-refractivity contribution in [1.29, 1.82) is 5.26 Å². The molecule has 0 saturated heterocycles. The van der Waals surface area contributed by atoms with E-state index >= 15 is 0 Å². The molecule has 39 heavy (non-hydrogen) atoms. The van der Waals surface area contributed by atoms with Gasteiger partial charge in [0, 0.05) is 23.3 Å². The molecular formula is C30H26N2O7. The number of carbonyl (C=O) groups excluding carboxylic acids is 1.